The minimum absolute atomic E-state index is 0.149. The van der Waals surface area contributed by atoms with Gasteiger partial charge in [0.25, 0.3) is 0 Å². The van der Waals surface area contributed by atoms with Crippen LogP contribution < -0.4 is 0 Å². The Morgan fingerprint density at radius 2 is 1.82 bits per heavy atom. The van der Waals surface area contributed by atoms with Gasteiger partial charge in [-0.15, -0.1) is 0 Å². The van der Waals surface area contributed by atoms with E-state index >= 15 is 0 Å². The topological polar surface area (TPSA) is 55.8 Å². The fourth-order valence-corrected chi connectivity index (χ4v) is 3.47. The first-order chi connectivity index (χ1) is 8.08. The van der Waals surface area contributed by atoms with E-state index in [0.717, 1.165) is 26.1 Å². The zero-order valence-corrected chi connectivity index (χ0v) is 10.6. The number of carboxylic acids is 1. The summed E-state index contributed by atoms with van der Waals surface area (Å²) in [6.07, 6.45) is 1.94. The zero-order chi connectivity index (χ0) is 12.5. The number of carboxylic acid groups (broad SMARTS) is 1. The lowest BCUT2D eigenvalue weighted by Crippen LogP contribution is -2.58. The molecule has 0 spiro atoms. The molecule has 1 N–H and O–H groups in total. The fourth-order valence-electron chi connectivity index (χ4n) is 3.47. The summed E-state index contributed by atoms with van der Waals surface area (Å²) in [6.45, 7) is 6.73. The second kappa shape index (κ2) is 4.94. The Hall–Kier alpha value is -0.610. The van der Waals surface area contributed by atoms with Crippen molar-refractivity contribution in [3.63, 3.8) is 0 Å². The van der Waals surface area contributed by atoms with Gasteiger partial charge in [-0.3, -0.25) is 4.79 Å². The smallest absolute Gasteiger partial charge is 0.307 e. The largest absolute Gasteiger partial charge is 0.481 e. The molecule has 2 aliphatic heterocycles. The summed E-state index contributed by atoms with van der Waals surface area (Å²) < 4.78 is 10.7. The predicted molar refractivity (Wildman–Crippen MR) is 62.8 cm³/mol. The number of rotatable bonds is 4. The molecule has 0 aliphatic carbocycles. The molecule has 1 unspecified atom stereocenters. The Kier molecular flexibility index (Phi) is 3.73. The first kappa shape index (κ1) is 12.8. The third-order valence-electron chi connectivity index (χ3n) is 4.33. The lowest BCUT2D eigenvalue weighted by atomic mass is 9.59. The van der Waals surface area contributed by atoms with Crippen LogP contribution in [0.3, 0.4) is 0 Å². The summed E-state index contributed by atoms with van der Waals surface area (Å²) in [5.41, 5.74) is -0.149. The Morgan fingerprint density at radius 1 is 1.24 bits per heavy atom. The van der Waals surface area contributed by atoms with Crippen LogP contribution >= 0.6 is 0 Å². The lowest BCUT2D eigenvalue weighted by molar-refractivity contribution is -0.210. The Morgan fingerprint density at radius 3 is 2.18 bits per heavy atom. The van der Waals surface area contributed by atoms with Crippen molar-refractivity contribution in [3.8, 4) is 0 Å². The minimum atomic E-state index is -0.671. The van der Waals surface area contributed by atoms with Crippen molar-refractivity contribution in [2.75, 3.05) is 26.4 Å². The predicted octanol–water partition coefficient (Wildman–Crippen LogP) is 1.79. The number of hydrogen-bond acceptors (Lipinski definition) is 3. The summed E-state index contributed by atoms with van der Waals surface area (Å²) in [5.74, 6) is -0.373. The molecule has 0 aromatic heterocycles. The zero-order valence-electron chi connectivity index (χ0n) is 10.6. The molecular formula is C13H22O4. The van der Waals surface area contributed by atoms with Crippen LogP contribution in [0.25, 0.3) is 0 Å². The molecule has 4 nitrogen and oxygen atoms in total. The van der Waals surface area contributed by atoms with Gasteiger partial charge in [0.05, 0.1) is 19.1 Å². The average molecular weight is 242 g/mol. The SMILES string of the molecule is CC(C)C(C(=O)O)C1(C2CCOCC2)COC1. The van der Waals surface area contributed by atoms with E-state index in [1.807, 2.05) is 13.8 Å². The van der Waals surface area contributed by atoms with Crippen LogP contribution in [0.1, 0.15) is 26.7 Å². The first-order valence-electron chi connectivity index (χ1n) is 6.46. The highest BCUT2D eigenvalue weighted by Gasteiger charge is 2.55. The molecule has 17 heavy (non-hydrogen) atoms. The van der Waals surface area contributed by atoms with Crippen molar-refractivity contribution in [1.29, 1.82) is 0 Å². The minimum Gasteiger partial charge on any atom is -0.481 e. The van der Waals surface area contributed by atoms with E-state index < -0.39 is 5.97 Å². The van der Waals surface area contributed by atoms with Gasteiger partial charge in [-0.25, -0.2) is 0 Å². The van der Waals surface area contributed by atoms with Gasteiger partial charge in [-0.1, -0.05) is 13.8 Å². The van der Waals surface area contributed by atoms with Crippen molar-refractivity contribution < 1.29 is 19.4 Å². The Labute approximate surface area is 102 Å². The van der Waals surface area contributed by atoms with Crippen molar-refractivity contribution in [3.05, 3.63) is 0 Å². The van der Waals surface area contributed by atoms with Gasteiger partial charge in [0.2, 0.25) is 0 Å². The Bertz CT molecular complexity index is 277. The molecule has 2 fully saturated rings. The molecule has 0 aromatic rings. The van der Waals surface area contributed by atoms with E-state index in [2.05, 4.69) is 0 Å². The standard InChI is InChI=1S/C13H22O4/c1-9(2)11(12(14)15)13(7-17-8-13)10-3-5-16-6-4-10/h9-11H,3-8H2,1-2H3,(H,14,15). The first-order valence-corrected chi connectivity index (χ1v) is 6.46. The molecule has 2 aliphatic rings. The van der Waals surface area contributed by atoms with Crippen LogP contribution in [-0.2, 0) is 14.3 Å². The average Bonchev–Trinajstić information content (AvgIpc) is 2.23. The van der Waals surface area contributed by atoms with Crippen LogP contribution in [0.2, 0.25) is 0 Å². The molecule has 0 bridgehead atoms. The fraction of sp³-hybridized carbons (Fsp3) is 0.923. The molecular weight excluding hydrogens is 220 g/mol. The number of carbonyl (C=O) groups is 1. The van der Waals surface area contributed by atoms with E-state index in [0.29, 0.717) is 19.1 Å². The summed E-state index contributed by atoms with van der Waals surface area (Å²) in [5, 5.41) is 9.49. The maximum absolute atomic E-state index is 11.5. The molecule has 1 atom stereocenters. The molecule has 0 radical (unpaired) electrons. The van der Waals surface area contributed by atoms with Gasteiger partial charge in [-0.2, -0.15) is 0 Å². The van der Waals surface area contributed by atoms with Crippen LogP contribution in [0.5, 0.6) is 0 Å². The highest BCUT2D eigenvalue weighted by atomic mass is 16.5. The highest BCUT2D eigenvalue weighted by molar-refractivity contribution is 5.71. The molecule has 4 heteroatoms. The van der Waals surface area contributed by atoms with E-state index in [-0.39, 0.29) is 17.3 Å². The monoisotopic (exact) mass is 242 g/mol. The van der Waals surface area contributed by atoms with Crippen molar-refractivity contribution in [2.24, 2.45) is 23.2 Å². The third kappa shape index (κ3) is 2.20. The molecule has 2 saturated heterocycles. The lowest BCUT2D eigenvalue weighted by Gasteiger charge is -2.52. The van der Waals surface area contributed by atoms with Gasteiger partial charge < -0.3 is 14.6 Å². The molecule has 2 rings (SSSR count). The quantitative estimate of drug-likeness (QED) is 0.816. The molecule has 98 valence electrons. The van der Waals surface area contributed by atoms with E-state index in [1.165, 1.54) is 0 Å². The van der Waals surface area contributed by atoms with Crippen LogP contribution in [0.15, 0.2) is 0 Å². The third-order valence-corrected chi connectivity index (χ3v) is 4.33. The van der Waals surface area contributed by atoms with E-state index in [9.17, 15) is 9.90 Å². The van der Waals surface area contributed by atoms with Crippen molar-refractivity contribution in [2.45, 2.75) is 26.7 Å². The molecule has 0 aromatic carbocycles. The van der Waals surface area contributed by atoms with Gasteiger partial charge in [0.1, 0.15) is 0 Å². The maximum Gasteiger partial charge on any atom is 0.307 e. The van der Waals surface area contributed by atoms with Crippen LogP contribution in [0, 0.1) is 23.2 Å². The second-order valence-corrected chi connectivity index (χ2v) is 5.67. The summed E-state index contributed by atoms with van der Waals surface area (Å²) >= 11 is 0. The van der Waals surface area contributed by atoms with Crippen LogP contribution in [-0.4, -0.2) is 37.5 Å². The van der Waals surface area contributed by atoms with Gasteiger partial charge in [0, 0.05) is 18.6 Å². The van der Waals surface area contributed by atoms with Crippen molar-refractivity contribution >= 4 is 5.97 Å². The Balaban J connectivity index is 2.19. The number of aliphatic carboxylic acids is 1. The summed E-state index contributed by atoms with van der Waals surface area (Å²) in [7, 11) is 0. The summed E-state index contributed by atoms with van der Waals surface area (Å²) in [6, 6.07) is 0. The van der Waals surface area contributed by atoms with E-state index in [1.54, 1.807) is 0 Å². The maximum atomic E-state index is 11.5. The summed E-state index contributed by atoms with van der Waals surface area (Å²) in [4.78, 5) is 11.5. The molecule has 0 saturated carbocycles. The number of hydrogen-bond donors (Lipinski definition) is 1. The molecule has 2 heterocycles. The normalized spacial score (nSPS) is 26.5. The highest BCUT2D eigenvalue weighted by Crippen LogP contribution is 2.49. The second-order valence-electron chi connectivity index (χ2n) is 5.67. The van der Waals surface area contributed by atoms with Gasteiger partial charge >= 0.3 is 5.97 Å². The molecule has 0 amide bonds. The van der Waals surface area contributed by atoms with E-state index in [4.69, 9.17) is 9.47 Å². The number of ether oxygens (including phenoxy) is 2. The van der Waals surface area contributed by atoms with Gasteiger partial charge in [0.15, 0.2) is 0 Å². The van der Waals surface area contributed by atoms with Crippen molar-refractivity contribution in [1.82, 2.24) is 0 Å². The van der Waals surface area contributed by atoms with Gasteiger partial charge in [-0.05, 0) is 24.7 Å². The van der Waals surface area contributed by atoms with Crippen LogP contribution in [0.4, 0.5) is 0 Å².